The predicted octanol–water partition coefficient (Wildman–Crippen LogP) is 2.94. The monoisotopic (exact) mass is 358 g/mol. The van der Waals surface area contributed by atoms with Crippen molar-refractivity contribution in [2.45, 2.75) is 12.7 Å². The van der Waals surface area contributed by atoms with Gasteiger partial charge in [0.25, 0.3) is 5.91 Å². The van der Waals surface area contributed by atoms with Gasteiger partial charge in [-0.3, -0.25) is 9.78 Å². The lowest BCUT2D eigenvalue weighted by molar-refractivity contribution is 0.0983. The number of nitrogens with zero attached hydrogens (tertiary/aromatic N) is 1. The number of pyridine rings is 1. The number of aromatic nitrogens is 1. The lowest BCUT2D eigenvalue weighted by atomic mass is 10.1. The molecule has 1 aromatic heterocycles. The van der Waals surface area contributed by atoms with Gasteiger partial charge in [0.05, 0.1) is 16.8 Å². The summed E-state index contributed by atoms with van der Waals surface area (Å²) in [6.07, 6.45) is 1.43. The van der Waals surface area contributed by atoms with Gasteiger partial charge >= 0.3 is 0 Å². The average molecular weight is 358 g/mol. The minimum atomic E-state index is -4.05. The highest BCUT2D eigenvalue weighted by Gasteiger charge is 2.20. The molecular formula is C18H15FN2O3S. The fraction of sp³-hybridized carbons (Fsp3) is 0.111. The molecule has 2 aromatic carbocycles. The van der Waals surface area contributed by atoms with Crippen LogP contribution in [0.25, 0.3) is 10.9 Å². The number of hydrogen-bond donors (Lipinski definition) is 1. The zero-order valence-electron chi connectivity index (χ0n) is 13.4. The van der Waals surface area contributed by atoms with E-state index in [-0.39, 0.29) is 11.1 Å². The first-order valence-electron chi connectivity index (χ1n) is 7.49. The van der Waals surface area contributed by atoms with Gasteiger partial charge in [-0.05, 0) is 30.7 Å². The molecule has 0 aliphatic rings. The Morgan fingerprint density at radius 3 is 2.68 bits per heavy atom. The molecule has 1 heterocycles. The topological polar surface area (TPSA) is 76.1 Å². The minimum absolute atomic E-state index is 0.00508. The van der Waals surface area contributed by atoms with E-state index in [1.165, 1.54) is 24.4 Å². The highest BCUT2D eigenvalue weighted by atomic mass is 32.2. The standard InChI is InChI=1S/C18H15FN2O3S/c1-12-6-7-13(16(19)10-12)11-25(23,24)21-18(22)15-8-9-20-17-5-3-2-4-14(15)17/h2-10H,11H2,1H3,(H,21,22). The van der Waals surface area contributed by atoms with Gasteiger partial charge in [0, 0.05) is 17.1 Å². The molecule has 0 radical (unpaired) electrons. The molecule has 0 saturated carbocycles. The largest absolute Gasteiger partial charge is 0.268 e. The van der Waals surface area contributed by atoms with Crippen molar-refractivity contribution in [1.82, 2.24) is 9.71 Å². The maximum atomic E-state index is 13.9. The van der Waals surface area contributed by atoms with Crippen LogP contribution < -0.4 is 4.72 Å². The van der Waals surface area contributed by atoms with E-state index < -0.39 is 27.5 Å². The van der Waals surface area contributed by atoms with E-state index >= 15 is 0 Å². The van der Waals surface area contributed by atoms with Gasteiger partial charge in [-0.15, -0.1) is 0 Å². The smallest absolute Gasteiger partial charge is 0.265 e. The number of fused-ring (bicyclic) bond motifs is 1. The van der Waals surface area contributed by atoms with Gasteiger partial charge in [0.15, 0.2) is 0 Å². The van der Waals surface area contributed by atoms with Crippen LogP contribution in [-0.4, -0.2) is 19.3 Å². The van der Waals surface area contributed by atoms with E-state index in [4.69, 9.17) is 0 Å². The van der Waals surface area contributed by atoms with Gasteiger partial charge in [0.1, 0.15) is 5.82 Å². The van der Waals surface area contributed by atoms with Crippen LogP contribution in [0.1, 0.15) is 21.5 Å². The van der Waals surface area contributed by atoms with Crippen LogP contribution in [0.5, 0.6) is 0 Å². The van der Waals surface area contributed by atoms with Gasteiger partial charge in [0.2, 0.25) is 10.0 Å². The molecule has 25 heavy (non-hydrogen) atoms. The summed E-state index contributed by atoms with van der Waals surface area (Å²) in [5, 5.41) is 0.541. The lowest BCUT2D eigenvalue weighted by Gasteiger charge is -2.09. The summed E-state index contributed by atoms with van der Waals surface area (Å²) in [5.74, 6) is -2.01. The van der Waals surface area contributed by atoms with E-state index in [1.807, 2.05) is 4.72 Å². The number of hydrogen-bond acceptors (Lipinski definition) is 4. The van der Waals surface area contributed by atoms with Crippen LogP contribution in [-0.2, 0) is 15.8 Å². The third kappa shape index (κ3) is 3.83. The Morgan fingerprint density at radius 1 is 1.16 bits per heavy atom. The molecule has 1 amide bonds. The molecule has 7 heteroatoms. The fourth-order valence-corrected chi connectivity index (χ4v) is 3.61. The van der Waals surface area contributed by atoms with Gasteiger partial charge in [-0.25, -0.2) is 17.5 Å². The second kappa shape index (κ2) is 6.60. The molecule has 3 rings (SSSR count). The summed E-state index contributed by atoms with van der Waals surface area (Å²) in [4.78, 5) is 16.5. The zero-order valence-corrected chi connectivity index (χ0v) is 14.2. The molecule has 0 aliphatic heterocycles. The molecule has 0 saturated heterocycles. The van der Waals surface area contributed by atoms with Gasteiger partial charge in [-0.2, -0.15) is 0 Å². The minimum Gasteiger partial charge on any atom is -0.268 e. The fourth-order valence-electron chi connectivity index (χ4n) is 2.50. The first-order chi connectivity index (χ1) is 11.9. The Morgan fingerprint density at radius 2 is 1.92 bits per heavy atom. The van der Waals surface area contributed by atoms with Crippen LogP contribution in [0.4, 0.5) is 4.39 Å². The third-order valence-electron chi connectivity index (χ3n) is 3.70. The highest BCUT2D eigenvalue weighted by molar-refractivity contribution is 7.89. The number of amides is 1. The zero-order chi connectivity index (χ0) is 18.0. The SMILES string of the molecule is Cc1ccc(CS(=O)(=O)NC(=O)c2ccnc3ccccc23)c(F)c1. The molecule has 0 aliphatic carbocycles. The molecule has 0 bridgehead atoms. The average Bonchev–Trinajstić information content (AvgIpc) is 2.56. The summed E-state index contributed by atoms with van der Waals surface area (Å²) >= 11 is 0. The van der Waals surface area contributed by atoms with Crippen LogP contribution >= 0.6 is 0 Å². The van der Waals surface area contributed by atoms with Crippen LogP contribution in [0.3, 0.4) is 0 Å². The number of carbonyl (C=O) groups excluding carboxylic acids is 1. The number of carbonyl (C=O) groups is 1. The van der Waals surface area contributed by atoms with Crippen LogP contribution in [0.15, 0.2) is 54.7 Å². The predicted molar refractivity (Wildman–Crippen MR) is 93.0 cm³/mol. The molecule has 0 unspecified atom stereocenters. The van der Waals surface area contributed by atoms with Gasteiger partial charge in [-0.1, -0.05) is 30.3 Å². The molecule has 0 spiro atoms. The first kappa shape index (κ1) is 17.0. The van der Waals surface area contributed by atoms with Crippen molar-refractivity contribution in [2.75, 3.05) is 0 Å². The van der Waals surface area contributed by atoms with Crippen molar-refractivity contribution in [3.05, 3.63) is 77.2 Å². The number of benzene rings is 2. The second-order valence-electron chi connectivity index (χ2n) is 5.66. The van der Waals surface area contributed by atoms with E-state index in [1.54, 1.807) is 37.3 Å². The van der Waals surface area contributed by atoms with E-state index in [9.17, 15) is 17.6 Å². The van der Waals surface area contributed by atoms with Crippen molar-refractivity contribution in [3.63, 3.8) is 0 Å². The van der Waals surface area contributed by atoms with Crippen molar-refractivity contribution < 1.29 is 17.6 Å². The third-order valence-corrected chi connectivity index (χ3v) is 4.88. The Kier molecular flexibility index (Phi) is 4.50. The summed E-state index contributed by atoms with van der Waals surface area (Å²) in [6.45, 7) is 1.71. The summed E-state index contributed by atoms with van der Waals surface area (Å²) in [5.41, 5.74) is 1.46. The number of nitrogens with one attached hydrogen (secondary N) is 1. The molecule has 1 N–H and O–H groups in total. The van der Waals surface area contributed by atoms with Crippen molar-refractivity contribution in [2.24, 2.45) is 0 Å². The molecule has 0 atom stereocenters. The summed E-state index contributed by atoms with van der Waals surface area (Å²) in [6, 6.07) is 12.6. The first-order valence-corrected chi connectivity index (χ1v) is 9.14. The highest BCUT2D eigenvalue weighted by Crippen LogP contribution is 2.17. The maximum absolute atomic E-state index is 13.9. The molecule has 3 aromatic rings. The molecular weight excluding hydrogens is 343 g/mol. The quantitative estimate of drug-likeness (QED) is 0.778. The van der Waals surface area contributed by atoms with Crippen molar-refractivity contribution in [1.29, 1.82) is 0 Å². The van der Waals surface area contributed by atoms with Crippen molar-refractivity contribution >= 4 is 26.8 Å². The Balaban J connectivity index is 1.86. The normalized spacial score (nSPS) is 11.4. The number of para-hydroxylation sites is 1. The Labute approximate surface area is 144 Å². The number of aryl methyl sites for hydroxylation is 1. The number of sulfonamides is 1. The molecule has 128 valence electrons. The van der Waals surface area contributed by atoms with Crippen LogP contribution in [0.2, 0.25) is 0 Å². The molecule has 0 fully saturated rings. The Bertz CT molecular complexity index is 1060. The summed E-state index contributed by atoms with van der Waals surface area (Å²) in [7, 11) is -4.05. The second-order valence-corrected chi connectivity index (χ2v) is 7.38. The summed E-state index contributed by atoms with van der Waals surface area (Å²) < 4.78 is 40.3. The van der Waals surface area contributed by atoms with Crippen molar-refractivity contribution in [3.8, 4) is 0 Å². The maximum Gasteiger partial charge on any atom is 0.265 e. The lowest BCUT2D eigenvalue weighted by Crippen LogP contribution is -2.32. The van der Waals surface area contributed by atoms with Gasteiger partial charge < -0.3 is 0 Å². The molecule has 5 nitrogen and oxygen atoms in total. The number of rotatable bonds is 4. The number of halogens is 1. The van der Waals surface area contributed by atoms with Crippen LogP contribution in [0, 0.1) is 12.7 Å². The van der Waals surface area contributed by atoms with E-state index in [2.05, 4.69) is 4.98 Å². The van der Waals surface area contributed by atoms with E-state index in [0.29, 0.717) is 16.5 Å². The Hall–Kier alpha value is -2.80. The van der Waals surface area contributed by atoms with E-state index in [0.717, 1.165) is 0 Å².